The molecular weight excluding hydrogens is 667 g/mol. The fourth-order valence-electron chi connectivity index (χ4n) is 7.02. The number of anilines is 3. The minimum atomic E-state index is 0.703. The largest absolute Gasteiger partial charge is 0.311 e. The molecule has 260 valence electrons. The third-order valence-corrected chi connectivity index (χ3v) is 9.93. The van der Waals surface area contributed by atoms with Gasteiger partial charge in [0.1, 0.15) is 0 Å². The van der Waals surface area contributed by atoms with E-state index in [1.165, 1.54) is 22.3 Å². The molecule has 0 atom stereocenters. The lowest BCUT2D eigenvalue weighted by Crippen LogP contribution is -2.09. The maximum Gasteiger partial charge on any atom is 0.160 e. The van der Waals surface area contributed by atoms with Crippen LogP contribution >= 0.6 is 0 Å². The summed E-state index contributed by atoms with van der Waals surface area (Å²) in [6.07, 6.45) is 0. The lowest BCUT2D eigenvalue weighted by Gasteiger charge is -2.26. The van der Waals surface area contributed by atoms with Crippen molar-refractivity contribution in [1.82, 2.24) is 9.97 Å². The molecule has 3 nitrogen and oxygen atoms in total. The predicted molar refractivity (Wildman–Crippen MR) is 229 cm³/mol. The van der Waals surface area contributed by atoms with E-state index in [2.05, 4.69) is 193 Å². The molecule has 0 aliphatic heterocycles. The van der Waals surface area contributed by atoms with Crippen molar-refractivity contribution in [2.75, 3.05) is 4.90 Å². The van der Waals surface area contributed by atoms with Crippen LogP contribution < -0.4 is 4.90 Å². The molecule has 1 heterocycles. The first-order chi connectivity index (χ1) is 27.2. The summed E-state index contributed by atoms with van der Waals surface area (Å²) in [6, 6.07) is 78.7. The molecule has 0 amide bonds. The SMILES string of the molecule is c1ccc(-c2ccc(N(c3ccc(-c4ccccc4)cc3)c3ccc(-c4ccc(-c5nc(-c6ccccc6)cc(-c6ccccc6)n5)cc4)cc3)cc2)cc1. The highest BCUT2D eigenvalue weighted by atomic mass is 15.1. The predicted octanol–water partition coefficient (Wildman–Crippen LogP) is 13.9. The summed E-state index contributed by atoms with van der Waals surface area (Å²) in [5.41, 5.74) is 15.2. The molecule has 0 aliphatic carbocycles. The number of benzene rings is 8. The van der Waals surface area contributed by atoms with Gasteiger partial charge in [-0.25, -0.2) is 9.97 Å². The van der Waals surface area contributed by atoms with Crippen molar-refractivity contribution in [3.63, 3.8) is 0 Å². The van der Waals surface area contributed by atoms with Gasteiger partial charge < -0.3 is 4.90 Å². The molecule has 0 spiro atoms. The topological polar surface area (TPSA) is 29.0 Å². The first-order valence-corrected chi connectivity index (χ1v) is 18.6. The fraction of sp³-hybridized carbons (Fsp3) is 0. The molecule has 0 unspecified atom stereocenters. The average molecular weight is 704 g/mol. The van der Waals surface area contributed by atoms with E-state index in [0.29, 0.717) is 5.82 Å². The Labute approximate surface area is 322 Å². The van der Waals surface area contributed by atoms with E-state index in [9.17, 15) is 0 Å². The van der Waals surface area contributed by atoms with E-state index < -0.39 is 0 Å². The van der Waals surface area contributed by atoms with Crippen LogP contribution in [-0.2, 0) is 0 Å². The first-order valence-electron chi connectivity index (χ1n) is 18.6. The zero-order valence-corrected chi connectivity index (χ0v) is 30.2. The molecule has 0 fully saturated rings. The van der Waals surface area contributed by atoms with Gasteiger partial charge in [0.25, 0.3) is 0 Å². The normalized spacial score (nSPS) is 10.9. The second kappa shape index (κ2) is 15.3. The van der Waals surface area contributed by atoms with Crippen molar-refractivity contribution in [2.24, 2.45) is 0 Å². The lowest BCUT2D eigenvalue weighted by molar-refractivity contribution is 1.18. The van der Waals surface area contributed by atoms with Crippen LogP contribution in [0.5, 0.6) is 0 Å². The summed E-state index contributed by atoms with van der Waals surface area (Å²) in [4.78, 5) is 12.4. The monoisotopic (exact) mass is 703 g/mol. The Hall–Kier alpha value is -7.36. The standard InChI is InChI=1S/C52H37N3/c1-5-13-38(14-6-1)41-25-31-47(32-26-41)55(48-33-27-42(28-34-48)39-15-7-2-8-16-39)49-35-29-43(30-36-49)40-21-23-46(24-22-40)52-53-50(44-17-9-3-10-18-44)37-51(54-52)45-19-11-4-12-20-45/h1-37H. The number of nitrogens with zero attached hydrogens (tertiary/aromatic N) is 3. The fourth-order valence-corrected chi connectivity index (χ4v) is 7.02. The van der Waals surface area contributed by atoms with Crippen molar-refractivity contribution in [3.05, 3.63) is 224 Å². The molecule has 3 heteroatoms. The molecular formula is C52H37N3. The van der Waals surface area contributed by atoms with Gasteiger partial charge in [0.15, 0.2) is 5.82 Å². The smallest absolute Gasteiger partial charge is 0.160 e. The highest BCUT2D eigenvalue weighted by Gasteiger charge is 2.15. The third kappa shape index (κ3) is 7.33. The van der Waals surface area contributed by atoms with Crippen molar-refractivity contribution < 1.29 is 0 Å². The van der Waals surface area contributed by atoms with E-state index in [-0.39, 0.29) is 0 Å². The summed E-state index contributed by atoms with van der Waals surface area (Å²) in [5, 5.41) is 0. The maximum atomic E-state index is 5.02. The number of aromatic nitrogens is 2. The van der Waals surface area contributed by atoms with E-state index in [0.717, 1.165) is 56.3 Å². The Morgan fingerprint density at radius 3 is 0.818 bits per heavy atom. The first kappa shape index (κ1) is 33.5. The second-order valence-electron chi connectivity index (χ2n) is 13.5. The van der Waals surface area contributed by atoms with Crippen molar-refractivity contribution in [1.29, 1.82) is 0 Å². The molecule has 1 aromatic heterocycles. The van der Waals surface area contributed by atoms with Gasteiger partial charge in [-0.15, -0.1) is 0 Å². The maximum absolute atomic E-state index is 5.02. The Bertz CT molecular complexity index is 2480. The summed E-state index contributed by atoms with van der Waals surface area (Å²) in [5.74, 6) is 0.703. The van der Waals surface area contributed by atoms with Crippen LogP contribution in [0.2, 0.25) is 0 Å². The Morgan fingerprint density at radius 1 is 0.236 bits per heavy atom. The van der Waals surface area contributed by atoms with Gasteiger partial charge >= 0.3 is 0 Å². The molecule has 0 N–H and O–H groups in total. The van der Waals surface area contributed by atoms with E-state index in [4.69, 9.17) is 9.97 Å². The summed E-state index contributed by atoms with van der Waals surface area (Å²) in [6.45, 7) is 0. The van der Waals surface area contributed by atoms with Gasteiger partial charge in [-0.05, 0) is 75.8 Å². The molecule has 9 rings (SSSR count). The van der Waals surface area contributed by atoms with Crippen molar-refractivity contribution in [2.45, 2.75) is 0 Å². The highest BCUT2D eigenvalue weighted by molar-refractivity contribution is 5.81. The van der Waals surface area contributed by atoms with Crippen LogP contribution in [0.15, 0.2) is 224 Å². The molecule has 8 aromatic carbocycles. The minimum absolute atomic E-state index is 0.703. The van der Waals surface area contributed by atoms with E-state index >= 15 is 0 Å². The van der Waals surface area contributed by atoms with Crippen LogP contribution in [0, 0.1) is 0 Å². The van der Waals surface area contributed by atoms with Crippen LogP contribution in [0.4, 0.5) is 17.1 Å². The van der Waals surface area contributed by atoms with Crippen molar-refractivity contribution >= 4 is 17.1 Å². The Balaban J connectivity index is 1.03. The molecule has 0 aliphatic rings. The van der Waals surface area contributed by atoms with Gasteiger partial charge in [0.05, 0.1) is 11.4 Å². The lowest BCUT2D eigenvalue weighted by atomic mass is 10.0. The molecule has 0 saturated carbocycles. The molecule has 0 radical (unpaired) electrons. The van der Waals surface area contributed by atoms with Crippen LogP contribution in [0.3, 0.4) is 0 Å². The zero-order chi connectivity index (χ0) is 36.8. The molecule has 0 bridgehead atoms. The highest BCUT2D eigenvalue weighted by Crippen LogP contribution is 2.38. The molecule has 9 aromatic rings. The summed E-state index contributed by atoms with van der Waals surface area (Å²) < 4.78 is 0. The number of rotatable bonds is 9. The van der Waals surface area contributed by atoms with E-state index in [1.54, 1.807) is 0 Å². The van der Waals surface area contributed by atoms with Gasteiger partial charge in [-0.1, -0.05) is 182 Å². The molecule has 55 heavy (non-hydrogen) atoms. The quantitative estimate of drug-likeness (QED) is 0.150. The summed E-state index contributed by atoms with van der Waals surface area (Å²) in [7, 11) is 0. The van der Waals surface area contributed by atoms with Crippen molar-refractivity contribution in [3.8, 4) is 67.3 Å². The Kier molecular flexibility index (Phi) is 9.32. The average Bonchev–Trinajstić information content (AvgIpc) is 3.28. The van der Waals surface area contributed by atoms with Gasteiger partial charge in [-0.2, -0.15) is 0 Å². The third-order valence-electron chi connectivity index (χ3n) is 9.93. The summed E-state index contributed by atoms with van der Waals surface area (Å²) >= 11 is 0. The van der Waals surface area contributed by atoms with Gasteiger partial charge in [0.2, 0.25) is 0 Å². The van der Waals surface area contributed by atoms with Crippen LogP contribution in [0.1, 0.15) is 0 Å². The number of hydrogen-bond acceptors (Lipinski definition) is 3. The Morgan fingerprint density at radius 2 is 0.491 bits per heavy atom. The van der Waals surface area contributed by atoms with Gasteiger partial charge in [-0.3, -0.25) is 0 Å². The molecule has 0 saturated heterocycles. The van der Waals surface area contributed by atoms with E-state index in [1.807, 2.05) is 36.4 Å². The zero-order valence-electron chi connectivity index (χ0n) is 30.2. The van der Waals surface area contributed by atoms with Crippen LogP contribution in [-0.4, -0.2) is 9.97 Å². The van der Waals surface area contributed by atoms with Gasteiger partial charge in [0, 0.05) is 33.8 Å². The number of hydrogen-bond donors (Lipinski definition) is 0. The minimum Gasteiger partial charge on any atom is -0.311 e. The van der Waals surface area contributed by atoms with Crippen LogP contribution in [0.25, 0.3) is 67.3 Å². The second-order valence-corrected chi connectivity index (χ2v) is 13.5.